The Morgan fingerprint density at radius 3 is 2.18 bits per heavy atom. The highest BCUT2D eigenvalue weighted by atomic mass is 31.2. The minimum atomic E-state index is -3.29. The van der Waals surface area contributed by atoms with E-state index in [0.717, 1.165) is 0 Å². The molecular weight excluding hydrogens is 309 g/mol. The molecule has 0 fully saturated rings. The monoisotopic (exact) mass is 335 g/mol. The van der Waals surface area contributed by atoms with Crippen LogP contribution >= 0.6 is 7.60 Å². The molecule has 0 radical (unpaired) electrons. The molecule has 1 amide bonds. The molecule has 7 nitrogen and oxygen atoms in total. The average molecular weight is 335 g/mol. The molecule has 0 bridgehead atoms. The minimum Gasteiger partial charge on any atom is -0.464 e. The molecular formula is C14H26NO6P. The van der Waals surface area contributed by atoms with Crippen molar-refractivity contribution in [3.05, 3.63) is 11.6 Å². The van der Waals surface area contributed by atoms with E-state index in [4.69, 9.17) is 13.8 Å². The molecule has 22 heavy (non-hydrogen) atoms. The molecule has 0 aliphatic rings. The van der Waals surface area contributed by atoms with Gasteiger partial charge in [-0.15, -0.1) is 0 Å². The molecule has 0 aliphatic carbocycles. The second-order valence-electron chi connectivity index (χ2n) is 5.59. The number of nitrogens with one attached hydrogen (secondary N) is 1. The largest absolute Gasteiger partial charge is 0.464 e. The van der Waals surface area contributed by atoms with Gasteiger partial charge in [0.15, 0.2) is 0 Å². The number of ether oxygens (including phenoxy) is 1. The summed E-state index contributed by atoms with van der Waals surface area (Å²) < 4.78 is 27.2. The lowest BCUT2D eigenvalue weighted by atomic mass is 9.86. The average Bonchev–Trinajstić information content (AvgIpc) is 2.44. The Morgan fingerprint density at radius 1 is 1.27 bits per heavy atom. The Morgan fingerprint density at radius 2 is 1.82 bits per heavy atom. The molecule has 0 aliphatic heterocycles. The first-order valence-corrected chi connectivity index (χ1v) is 8.64. The van der Waals surface area contributed by atoms with Crippen molar-refractivity contribution in [3.8, 4) is 0 Å². The summed E-state index contributed by atoms with van der Waals surface area (Å²) in [6.07, 6.45) is 1.97. The highest BCUT2D eigenvalue weighted by Gasteiger charge is 2.30. The summed E-state index contributed by atoms with van der Waals surface area (Å²) in [7, 11) is -0.686. The fourth-order valence-corrected chi connectivity index (χ4v) is 3.05. The summed E-state index contributed by atoms with van der Waals surface area (Å²) in [5.41, 5.74) is 0.258. The summed E-state index contributed by atoms with van der Waals surface area (Å²) in [5, 5.41) is 2.39. The Hall–Kier alpha value is -1.17. The van der Waals surface area contributed by atoms with Crippen LogP contribution in [0.2, 0.25) is 0 Å². The van der Waals surface area contributed by atoms with Crippen LogP contribution in [0.15, 0.2) is 11.6 Å². The Kier molecular flexibility index (Phi) is 8.60. The summed E-state index contributed by atoms with van der Waals surface area (Å²) in [5.74, 6) is -0.582. The van der Waals surface area contributed by atoms with Crippen LogP contribution in [0.25, 0.3) is 0 Å². The van der Waals surface area contributed by atoms with E-state index in [9.17, 15) is 14.2 Å². The van der Waals surface area contributed by atoms with Crippen LogP contribution in [0.4, 0.5) is 0 Å². The second kappa shape index (κ2) is 9.08. The third-order valence-corrected chi connectivity index (χ3v) is 4.88. The fourth-order valence-electron chi connectivity index (χ4n) is 1.64. The van der Waals surface area contributed by atoms with E-state index in [-0.39, 0.29) is 12.8 Å². The SMILES string of the molecule is CCOC(=O)C(C=C(CP(=O)(OC)OC)C(C)(C)C)NC=O. The molecule has 0 saturated heterocycles. The van der Waals surface area contributed by atoms with Crippen molar-refractivity contribution in [2.24, 2.45) is 5.41 Å². The third kappa shape index (κ3) is 6.73. The lowest BCUT2D eigenvalue weighted by Crippen LogP contribution is -2.36. The molecule has 0 rings (SSSR count). The van der Waals surface area contributed by atoms with Gasteiger partial charge >= 0.3 is 13.6 Å². The topological polar surface area (TPSA) is 90.9 Å². The number of hydrogen-bond acceptors (Lipinski definition) is 6. The molecule has 0 aromatic rings. The van der Waals surface area contributed by atoms with E-state index in [1.807, 2.05) is 20.8 Å². The van der Waals surface area contributed by atoms with Crippen LogP contribution < -0.4 is 5.32 Å². The number of allylic oxidation sites excluding steroid dienone is 1. The third-order valence-electron chi connectivity index (χ3n) is 3.04. The van der Waals surface area contributed by atoms with Gasteiger partial charge in [-0.05, 0) is 12.3 Å². The van der Waals surface area contributed by atoms with E-state index in [1.54, 1.807) is 6.92 Å². The quantitative estimate of drug-likeness (QED) is 0.300. The number of carbonyl (C=O) groups excluding carboxylic acids is 2. The number of esters is 1. The first-order chi connectivity index (χ1) is 10.1. The maximum absolute atomic E-state index is 12.4. The molecule has 0 saturated carbocycles. The van der Waals surface area contributed by atoms with Crippen molar-refractivity contribution in [3.63, 3.8) is 0 Å². The first kappa shape index (κ1) is 20.8. The summed E-state index contributed by atoms with van der Waals surface area (Å²) in [6, 6.07) is -0.950. The normalized spacial score (nSPS) is 14.4. The molecule has 1 unspecified atom stereocenters. The van der Waals surface area contributed by atoms with E-state index >= 15 is 0 Å². The number of carbonyl (C=O) groups is 2. The van der Waals surface area contributed by atoms with Crippen molar-refractivity contribution in [2.45, 2.75) is 33.7 Å². The lowest BCUT2D eigenvalue weighted by Gasteiger charge is -2.27. The summed E-state index contributed by atoms with van der Waals surface area (Å²) in [4.78, 5) is 22.6. The number of hydrogen-bond donors (Lipinski definition) is 1. The van der Waals surface area contributed by atoms with Crippen LogP contribution in [-0.2, 0) is 27.9 Å². The predicted molar refractivity (Wildman–Crippen MR) is 83.7 cm³/mol. The number of amides is 1. The molecule has 8 heteroatoms. The maximum Gasteiger partial charge on any atom is 0.334 e. The van der Waals surface area contributed by atoms with Crippen LogP contribution in [-0.4, -0.2) is 45.4 Å². The van der Waals surface area contributed by atoms with Crippen molar-refractivity contribution in [1.82, 2.24) is 5.32 Å². The molecule has 0 spiro atoms. The van der Waals surface area contributed by atoms with E-state index < -0.39 is 25.0 Å². The zero-order valence-electron chi connectivity index (χ0n) is 14.0. The zero-order chi connectivity index (χ0) is 17.4. The predicted octanol–water partition coefficient (Wildman–Crippen LogP) is 2.12. The van der Waals surface area contributed by atoms with Gasteiger partial charge in [-0.2, -0.15) is 0 Å². The van der Waals surface area contributed by atoms with E-state index in [1.165, 1.54) is 20.3 Å². The molecule has 1 N–H and O–H groups in total. The fraction of sp³-hybridized carbons (Fsp3) is 0.714. The molecule has 0 aromatic carbocycles. The van der Waals surface area contributed by atoms with Crippen molar-refractivity contribution in [2.75, 3.05) is 27.0 Å². The molecule has 128 valence electrons. The lowest BCUT2D eigenvalue weighted by molar-refractivity contribution is -0.145. The van der Waals surface area contributed by atoms with Gasteiger partial charge in [-0.3, -0.25) is 9.36 Å². The highest BCUT2D eigenvalue weighted by molar-refractivity contribution is 7.54. The summed E-state index contributed by atoms with van der Waals surface area (Å²) in [6.45, 7) is 7.57. The van der Waals surface area contributed by atoms with Crippen LogP contribution in [0.1, 0.15) is 27.7 Å². The van der Waals surface area contributed by atoms with Crippen molar-refractivity contribution < 1.29 is 27.9 Å². The zero-order valence-corrected chi connectivity index (χ0v) is 14.9. The van der Waals surface area contributed by atoms with Gasteiger partial charge < -0.3 is 19.1 Å². The van der Waals surface area contributed by atoms with Gasteiger partial charge in [-0.1, -0.05) is 32.4 Å². The van der Waals surface area contributed by atoms with Crippen LogP contribution in [0, 0.1) is 5.41 Å². The van der Waals surface area contributed by atoms with Crippen molar-refractivity contribution >= 4 is 20.0 Å². The van der Waals surface area contributed by atoms with Gasteiger partial charge in [0.05, 0.1) is 12.8 Å². The van der Waals surface area contributed by atoms with Gasteiger partial charge in [-0.25, -0.2) is 4.79 Å². The van der Waals surface area contributed by atoms with E-state index in [0.29, 0.717) is 12.0 Å². The Balaban J connectivity index is 5.59. The highest BCUT2D eigenvalue weighted by Crippen LogP contribution is 2.50. The van der Waals surface area contributed by atoms with E-state index in [2.05, 4.69) is 5.32 Å². The van der Waals surface area contributed by atoms with Gasteiger partial charge in [0.25, 0.3) is 0 Å². The van der Waals surface area contributed by atoms with Gasteiger partial charge in [0.2, 0.25) is 6.41 Å². The van der Waals surface area contributed by atoms with Gasteiger partial charge in [0, 0.05) is 14.2 Å². The molecule has 0 aromatic heterocycles. The minimum absolute atomic E-state index is 0.0138. The smallest absolute Gasteiger partial charge is 0.334 e. The number of rotatable bonds is 9. The van der Waals surface area contributed by atoms with Crippen LogP contribution in [0.3, 0.4) is 0 Å². The Labute approximate surface area is 131 Å². The molecule has 1 atom stereocenters. The maximum atomic E-state index is 12.4. The molecule has 0 heterocycles. The van der Waals surface area contributed by atoms with Crippen molar-refractivity contribution in [1.29, 1.82) is 0 Å². The summed E-state index contributed by atoms with van der Waals surface area (Å²) >= 11 is 0. The second-order valence-corrected chi connectivity index (χ2v) is 7.86. The first-order valence-electron chi connectivity index (χ1n) is 6.91. The Bertz CT molecular complexity index is 447. The standard InChI is InChI=1S/C14H26NO6P/c1-7-21-13(17)12(15-10-16)8-11(14(2,3)4)9-22(18,19-5)20-6/h8,10,12H,7,9H2,1-6H3,(H,15,16). The van der Waals surface area contributed by atoms with Crippen LogP contribution in [0.5, 0.6) is 0 Å². The van der Waals surface area contributed by atoms with Gasteiger partial charge in [0.1, 0.15) is 6.04 Å².